The number of esters is 3. The number of carbonyl (C=O) groups excluding carboxylic acids is 3. The van der Waals surface area contributed by atoms with E-state index in [-0.39, 0.29) is 31.1 Å². The first kappa shape index (κ1) is 62.8. The monoisotopic (exact) mass is 921 g/mol. The molecule has 0 bridgehead atoms. The number of hydrogen-bond donors (Lipinski definition) is 0. The van der Waals surface area contributed by atoms with Crippen molar-refractivity contribution in [2.45, 2.75) is 277 Å². The van der Waals surface area contributed by atoms with Crippen LogP contribution in [0.4, 0.5) is 0 Å². The molecule has 0 saturated heterocycles. The Bertz CT molecular complexity index is 1240. The fourth-order valence-electron chi connectivity index (χ4n) is 7.82. The molecule has 380 valence electrons. The van der Waals surface area contributed by atoms with E-state index in [0.717, 1.165) is 135 Å². The Labute approximate surface area is 408 Å². The molecule has 0 aromatic heterocycles. The van der Waals surface area contributed by atoms with Gasteiger partial charge in [0.25, 0.3) is 0 Å². The van der Waals surface area contributed by atoms with Crippen LogP contribution in [0, 0.1) is 0 Å². The first-order valence-corrected chi connectivity index (χ1v) is 27.9. The van der Waals surface area contributed by atoms with Crippen molar-refractivity contribution < 1.29 is 28.6 Å². The topological polar surface area (TPSA) is 78.9 Å². The molecule has 1 atom stereocenters. The average molecular weight is 921 g/mol. The van der Waals surface area contributed by atoms with Crippen molar-refractivity contribution in [1.29, 1.82) is 0 Å². The summed E-state index contributed by atoms with van der Waals surface area (Å²) in [7, 11) is 0. The van der Waals surface area contributed by atoms with Gasteiger partial charge < -0.3 is 14.2 Å². The molecule has 0 aromatic rings. The van der Waals surface area contributed by atoms with E-state index >= 15 is 0 Å². The molecule has 0 aliphatic rings. The minimum atomic E-state index is -0.790. The summed E-state index contributed by atoms with van der Waals surface area (Å²) in [4.78, 5) is 38.1. The minimum absolute atomic E-state index is 0.0862. The smallest absolute Gasteiger partial charge is 0.306 e. The number of rotatable bonds is 50. The molecular formula is C60H104O6. The van der Waals surface area contributed by atoms with Crippen molar-refractivity contribution in [3.8, 4) is 0 Å². The SMILES string of the molecule is CC/C=C\C/C=C\C/C=C\CCCCCCCC(=O)OC[C@H](COC(=O)CCCCCCCCCCCCCCCCCCCC)OC(=O)CCCCCCC/C=C\C/C=C\C/C=C\CC. The average Bonchev–Trinajstić information content (AvgIpc) is 3.31. The molecule has 66 heavy (non-hydrogen) atoms. The zero-order valence-corrected chi connectivity index (χ0v) is 43.4. The zero-order valence-electron chi connectivity index (χ0n) is 43.4. The number of carbonyl (C=O) groups is 3. The lowest BCUT2D eigenvalue weighted by Crippen LogP contribution is -2.30. The molecule has 0 saturated carbocycles. The predicted molar refractivity (Wildman–Crippen MR) is 284 cm³/mol. The summed E-state index contributed by atoms with van der Waals surface area (Å²) >= 11 is 0. The van der Waals surface area contributed by atoms with E-state index in [1.165, 1.54) is 96.3 Å². The third-order valence-corrected chi connectivity index (χ3v) is 12.0. The fraction of sp³-hybridized carbons (Fsp3) is 0.750. The Morgan fingerprint density at radius 3 is 0.924 bits per heavy atom. The van der Waals surface area contributed by atoms with Gasteiger partial charge in [0.2, 0.25) is 0 Å². The van der Waals surface area contributed by atoms with E-state index in [0.29, 0.717) is 19.3 Å². The van der Waals surface area contributed by atoms with Crippen LogP contribution < -0.4 is 0 Å². The van der Waals surface area contributed by atoms with Crippen LogP contribution in [0.15, 0.2) is 72.9 Å². The van der Waals surface area contributed by atoms with Crippen LogP contribution in [-0.2, 0) is 28.6 Å². The predicted octanol–water partition coefficient (Wildman–Crippen LogP) is 18.6. The number of hydrogen-bond acceptors (Lipinski definition) is 6. The van der Waals surface area contributed by atoms with E-state index in [4.69, 9.17) is 14.2 Å². The van der Waals surface area contributed by atoms with Gasteiger partial charge in [0, 0.05) is 19.3 Å². The standard InChI is InChI=1S/C60H104O6/c1-4-7-10-13-16-19-22-25-28-29-30-33-35-38-41-44-47-50-53-59(62)65-56-57(66-60(63)54-51-48-45-42-39-36-32-27-24-21-18-15-12-9-6-3)55-64-58(61)52-49-46-43-40-37-34-31-26-23-20-17-14-11-8-5-2/h8-9,11-12,17-18,20-21,26-27,31-32,57H,4-7,10,13-16,19,22-25,28-30,33-56H2,1-3H3/b11-8-,12-9-,20-17-,21-18-,31-26-,32-27-/t57-/m1/s1. The molecule has 0 aliphatic heterocycles. The lowest BCUT2D eigenvalue weighted by molar-refractivity contribution is -0.167. The lowest BCUT2D eigenvalue weighted by atomic mass is 10.0. The minimum Gasteiger partial charge on any atom is -0.462 e. The van der Waals surface area contributed by atoms with Crippen LogP contribution in [0.1, 0.15) is 271 Å². The first-order chi connectivity index (χ1) is 32.5. The summed E-state index contributed by atoms with van der Waals surface area (Å²) in [6.07, 6.45) is 68.9. The van der Waals surface area contributed by atoms with Crippen LogP contribution in [-0.4, -0.2) is 37.2 Å². The van der Waals surface area contributed by atoms with Gasteiger partial charge in [-0.05, 0) is 83.5 Å². The van der Waals surface area contributed by atoms with E-state index in [1.807, 2.05) is 0 Å². The highest BCUT2D eigenvalue weighted by molar-refractivity contribution is 5.71. The quantitative estimate of drug-likeness (QED) is 0.0262. The molecule has 0 aromatic carbocycles. The lowest BCUT2D eigenvalue weighted by Gasteiger charge is -2.18. The summed E-state index contributed by atoms with van der Waals surface area (Å²) in [5.41, 5.74) is 0. The van der Waals surface area contributed by atoms with Crippen molar-refractivity contribution in [2.24, 2.45) is 0 Å². The Morgan fingerprint density at radius 2 is 0.591 bits per heavy atom. The number of allylic oxidation sites excluding steroid dienone is 12. The summed E-state index contributed by atoms with van der Waals surface area (Å²) in [6, 6.07) is 0. The summed E-state index contributed by atoms with van der Waals surface area (Å²) in [5.74, 6) is -0.913. The third kappa shape index (κ3) is 51.8. The molecule has 6 nitrogen and oxygen atoms in total. The third-order valence-electron chi connectivity index (χ3n) is 12.0. The van der Waals surface area contributed by atoms with Crippen molar-refractivity contribution in [2.75, 3.05) is 13.2 Å². The summed E-state index contributed by atoms with van der Waals surface area (Å²) < 4.78 is 16.8. The maximum atomic E-state index is 12.8. The maximum Gasteiger partial charge on any atom is 0.306 e. The molecule has 0 radical (unpaired) electrons. The van der Waals surface area contributed by atoms with Gasteiger partial charge in [-0.3, -0.25) is 14.4 Å². The van der Waals surface area contributed by atoms with Gasteiger partial charge in [-0.1, -0.05) is 241 Å². The van der Waals surface area contributed by atoms with Gasteiger partial charge in [-0.15, -0.1) is 0 Å². The van der Waals surface area contributed by atoms with E-state index < -0.39 is 6.10 Å². The Morgan fingerprint density at radius 1 is 0.318 bits per heavy atom. The van der Waals surface area contributed by atoms with Crippen molar-refractivity contribution in [3.05, 3.63) is 72.9 Å². The molecule has 0 N–H and O–H groups in total. The van der Waals surface area contributed by atoms with E-state index in [9.17, 15) is 14.4 Å². The van der Waals surface area contributed by atoms with Gasteiger partial charge in [0.05, 0.1) is 0 Å². The van der Waals surface area contributed by atoms with Gasteiger partial charge in [-0.2, -0.15) is 0 Å². The Kier molecular flexibility index (Phi) is 51.9. The molecule has 0 aliphatic carbocycles. The van der Waals surface area contributed by atoms with E-state index in [1.54, 1.807) is 0 Å². The number of unbranched alkanes of at least 4 members (excludes halogenated alkanes) is 27. The Hall–Kier alpha value is -3.15. The summed E-state index contributed by atoms with van der Waals surface area (Å²) in [6.45, 7) is 6.41. The second-order valence-electron chi connectivity index (χ2n) is 18.4. The van der Waals surface area contributed by atoms with Crippen LogP contribution >= 0.6 is 0 Å². The summed E-state index contributed by atoms with van der Waals surface area (Å²) in [5, 5.41) is 0. The molecule has 0 rings (SSSR count). The van der Waals surface area contributed by atoms with Crippen LogP contribution in [0.2, 0.25) is 0 Å². The highest BCUT2D eigenvalue weighted by Gasteiger charge is 2.19. The molecule has 6 heteroatoms. The zero-order chi connectivity index (χ0) is 47.9. The van der Waals surface area contributed by atoms with Crippen LogP contribution in [0.5, 0.6) is 0 Å². The van der Waals surface area contributed by atoms with Crippen LogP contribution in [0.3, 0.4) is 0 Å². The maximum absolute atomic E-state index is 12.8. The fourth-order valence-corrected chi connectivity index (χ4v) is 7.82. The highest BCUT2D eigenvalue weighted by Crippen LogP contribution is 2.16. The first-order valence-electron chi connectivity index (χ1n) is 27.9. The van der Waals surface area contributed by atoms with Gasteiger partial charge in [0.15, 0.2) is 6.10 Å². The normalized spacial score (nSPS) is 12.6. The second-order valence-corrected chi connectivity index (χ2v) is 18.4. The molecule has 0 fully saturated rings. The molecular weight excluding hydrogens is 817 g/mol. The van der Waals surface area contributed by atoms with Crippen LogP contribution in [0.25, 0.3) is 0 Å². The molecule has 0 unspecified atom stereocenters. The van der Waals surface area contributed by atoms with Gasteiger partial charge in [-0.25, -0.2) is 0 Å². The van der Waals surface area contributed by atoms with Crippen molar-refractivity contribution in [1.82, 2.24) is 0 Å². The van der Waals surface area contributed by atoms with E-state index in [2.05, 4.69) is 93.7 Å². The second kappa shape index (κ2) is 54.5. The van der Waals surface area contributed by atoms with Crippen molar-refractivity contribution in [3.63, 3.8) is 0 Å². The molecule has 0 heterocycles. The molecule has 0 spiro atoms. The van der Waals surface area contributed by atoms with Crippen molar-refractivity contribution >= 4 is 17.9 Å². The largest absolute Gasteiger partial charge is 0.462 e. The van der Waals surface area contributed by atoms with Gasteiger partial charge >= 0.3 is 17.9 Å². The van der Waals surface area contributed by atoms with Gasteiger partial charge in [0.1, 0.15) is 13.2 Å². The Balaban J connectivity index is 4.39. The highest BCUT2D eigenvalue weighted by atomic mass is 16.6. The molecule has 0 amide bonds. The number of ether oxygens (including phenoxy) is 3.